The average molecular weight is 397 g/mol. The van der Waals surface area contributed by atoms with E-state index in [1.807, 2.05) is 54.8 Å². The molecule has 0 saturated heterocycles. The number of rotatable bonds is 8. The van der Waals surface area contributed by atoms with Crippen LogP contribution < -0.4 is 9.47 Å². The van der Waals surface area contributed by atoms with Gasteiger partial charge in [0.15, 0.2) is 17.3 Å². The molecule has 0 saturated carbocycles. The van der Waals surface area contributed by atoms with Crippen LogP contribution in [0.4, 0.5) is 0 Å². The van der Waals surface area contributed by atoms with Crippen molar-refractivity contribution in [3.63, 3.8) is 0 Å². The largest absolute Gasteiger partial charge is 0.493 e. The molecule has 0 spiro atoms. The first kappa shape index (κ1) is 19.9. The van der Waals surface area contributed by atoms with Crippen molar-refractivity contribution in [3.05, 3.63) is 65.5 Å². The Hall–Kier alpha value is -2.80. The van der Waals surface area contributed by atoms with Crippen LogP contribution in [0.2, 0.25) is 0 Å². The molecule has 1 heterocycles. The fourth-order valence-corrected chi connectivity index (χ4v) is 3.11. The summed E-state index contributed by atoms with van der Waals surface area (Å²) >= 11 is 1.51. The number of nitrogens with zero attached hydrogens (tertiary/aromatic N) is 4. The number of aromatic nitrogens is 3. The molecule has 7 heteroatoms. The second kappa shape index (κ2) is 9.41. The van der Waals surface area contributed by atoms with Gasteiger partial charge in [-0.1, -0.05) is 62.0 Å². The van der Waals surface area contributed by atoms with Crippen molar-refractivity contribution in [2.45, 2.75) is 31.5 Å². The third-order valence-electron chi connectivity index (χ3n) is 4.10. The standard InChI is InChI=1S/C21H24N4O2S/c1-15(2)20-23-24-21(28-4)25(20)22-13-17-11-8-12-18(26-3)19(17)27-14-16-9-6-5-7-10-16/h5-13,15H,14H2,1-4H3/b22-13-. The monoisotopic (exact) mass is 396 g/mol. The van der Waals surface area contributed by atoms with Gasteiger partial charge in [0.2, 0.25) is 5.16 Å². The zero-order valence-corrected chi connectivity index (χ0v) is 17.3. The number of hydrogen-bond acceptors (Lipinski definition) is 6. The number of methoxy groups -OCH3 is 1. The average Bonchev–Trinajstić information content (AvgIpc) is 3.14. The van der Waals surface area contributed by atoms with Gasteiger partial charge in [-0.2, -0.15) is 9.78 Å². The van der Waals surface area contributed by atoms with Gasteiger partial charge in [-0.3, -0.25) is 0 Å². The van der Waals surface area contributed by atoms with E-state index < -0.39 is 0 Å². The zero-order valence-electron chi connectivity index (χ0n) is 16.5. The topological polar surface area (TPSA) is 61.5 Å². The van der Waals surface area contributed by atoms with E-state index in [1.165, 1.54) is 11.8 Å². The van der Waals surface area contributed by atoms with E-state index in [1.54, 1.807) is 18.0 Å². The molecular weight excluding hydrogens is 372 g/mol. The lowest BCUT2D eigenvalue weighted by atomic mass is 10.2. The van der Waals surface area contributed by atoms with E-state index in [2.05, 4.69) is 29.1 Å². The third kappa shape index (κ3) is 4.54. The summed E-state index contributed by atoms with van der Waals surface area (Å²) in [6.45, 7) is 4.59. The van der Waals surface area contributed by atoms with E-state index in [9.17, 15) is 0 Å². The lowest BCUT2D eigenvalue weighted by Crippen LogP contribution is -2.04. The third-order valence-corrected chi connectivity index (χ3v) is 4.72. The summed E-state index contributed by atoms with van der Waals surface area (Å²) in [4.78, 5) is 0. The predicted molar refractivity (Wildman–Crippen MR) is 113 cm³/mol. The van der Waals surface area contributed by atoms with Gasteiger partial charge in [0, 0.05) is 11.5 Å². The van der Waals surface area contributed by atoms with Crippen LogP contribution in [0.1, 0.15) is 36.7 Å². The van der Waals surface area contributed by atoms with Gasteiger partial charge < -0.3 is 9.47 Å². The second-order valence-electron chi connectivity index (χ2n) is 6.41. The minimum atomic E-state index is 0.213. The molecule has 0 aliphatic rings. The Morgan fingerprint density at radius 2 is 1.89 bits per heavy atom. The zero-order chi connectivity index (χ0) is 19.9. The van der Waals surface area contributed by atoms with Crippen molar-refractivity contribution < 1.29 is 9.47 Å². The molecule has 0 bridgehead atoms. The van der Waals surface area contributed by atoms with E-state index in [0.717, 1.165) is 22.1 Å². The van der Waals surface area contributed by atoms with Gasteiger partial charge in [-0.25, -0.2) is 0 Å². The fourth-order valence-electron chi connectivity index (χ4n) is 2.67. The Kier molecular flexibility index (Phi) is 6.71. The minimum Gasteiger partial charge on any atom is -0.493 e. The molecule has 0 radical (unpaired) electrons. The lowest BCUT2D eigenvalue weighted by molar-refractivity contribution is 0.284. The van der Waals surface area contributed by atoms with E-state index >= 15 is 0 Å². The van der Waals surface area contributed by atoms with Crippen LogP contribution in [-0.4, -0.2) is 34.5 Å². The van der Waals surface area contributed by atoms with Crippen LogP contribution in [0.3, 0.4) is 0 Å². The van der Waals surface area contributed by atoms with Crippen molar-refractivity contribution in [2.24, 2.45) is 5.10 Å². The van der Waals surface area contributed by atoms with Crippen molar-refractivity contribution in [1.29, 1.82) is 0 Å². The van der Waals surface area contributed by atoms with E-state index in [-0.39, 0.29) is 5.92 Å². The van der Waals surface area contributed by atoms with Gasteiger partial charge >= 0.3 is 0 Å². The van der Waals surface area contributed by atoms with Crippen LogP contribution in [0.15, 0.2) is 58.8 Å². The summed E-state index contributed by atoms with van der Waals surface area (Å²) in [5.74, 6) is 2.35. The first-order valence-electron chi connectivity index (χ1n) is 9.01. The smallest absolute Gasteiger partial charge is 0.211 e. The highest BCUT2D eigenvalue weighted by Gasteiger charge is 2.14. The molecule has 0 N–H and O–H groups in total. The summed E-state index contributed by atoms with van der Waals surface area (Å²) in [6.07, 6.45) is 3.72. The highest BCUT2D eigenvalue weighted by molar-refractivity contribution is 7.98. The summed E-state index contributed by atoms with van der Waals surface area (Å²) in [5, 5.41) is 13.8. The molecule has 3 rings (SSSR count). The fraction of sp³-hybridized carbons (Fsp3) is 0.286. The molecule has 0 aliphatic heterocycles. The molecule has 146 valence electrons. The molecule has 6 nitrogen and oxygen atoms in total. The van der Waals surface area contributed by atoms with Crippen LogP contribution in [0, 0.1) is 0 Å². The van der Waals surface area contributed by atoms with Gasteiger partial charge in [-0.15, -0.1) is 10.2 Å². The van der Waals surface area contributed by atoms with Gasteiger partial charge in [0.1, 0.15) is 6.61 Å². The summed E-state index contributed by atoms with van der Waals surface area (Å²) < 4.78 is 13.4. The summed E-state index contributed by atoms with van der Waals surface area (Å²) in [7, 11) is 1.63. The normalized spacial score (nSPS) is 11.3. The molecule has 0 aliphatic carbocycles. The number of ether oxygens (including phenoxy) is 2. The minimum absolute atomic E-state index is 0.213. The maximum atomic E-state index is 6.09. The van der Waals surface area contributed by atoms with Crippen LogP contribution in [-0.2, 0) is 6.61 Å². The number of para-hydroxylation sites is 1. The number of benzene rings is 2. The Bertz CT molecular complexity index is 939. The highest BCUT2D eigenvalue weighted by atomic mass is 32.2. The van der Waals surface area contributed by atoms with Gasteiger partial charge in [0.05, 0.1) is 13.3 Å². The first-order chi connectivity index (χ1) is 13.6. The molecule has 0 unspecified atom stereocenters. The molecule has 3 aromatic rings. The molecule has 2 aromatic carbocycles. The maximum absolute atomic E-state index is 6.09. The van der Waals surface area contributed by atoms with Crippen molar-refractivity contribution in [1.82, 2.24) is 14.9 Å². The highest BCUT2D eigenvalue weighted by Crippen LogP contribution is 2.31. The molecule has 0 fully saturated rings. The number of thioether (sulfide) groups is 1. The maximum Gasteiger partial charge on any atom is 0.211 e. The van der Waals surface area contributed by atoms with Gasteiger partial charge in [0.25, 0.3) is 0 Å². The van der Waals surface area contributed by atoms with E-state index in [0.29, 0.717) is 18.1 Å². The Morgan fingerprint density at radius 1 is 1.11 bits per heavy atom. The molecule has 0 atom stereocenters. The molecular formula is C21H24N4O2S. The first-order valence-corrected chi connectivity index (χ1v) is 10.2. The quantitative estimate of drug-likeness (QED) is 0.412. The Morgan fingerprint density at radius 3 is 2.57 bits per heavy atom. The molecule has 0 amide bonds. The van der Waals surface area contributed by atoms with E-state index in [4.69, 9.17) is 9.47 Å². The second-order valence-corrected chi connectivity index (χ2v) is 7.18. The summed E-state index contributed by atoms with van der Waals surface area (Å²) in [6, 6.07) is 15.8. The molecule has 1 aromatic heterocycles. The van der Waals surface area contributed by atoms with Crippen LogP contribution in [0.5, 0.6) is 11.5 Å². The SMILES string of the molecule is COc1cccc(/C=N\n2c(SC)nnc2C(C)C)c1OCc1ccccc1. The predicted octanol–water partition coefficient (Wildman–Crippen LogP) is 4.59. The van der Waals surface area contributed by atoms with Crippen molar-refractivity contribution in [3.8, 4) is 11.5 Å². The van der Waals surface area contributed by atoms with Crippen LogP contribution in [0.25, 0.3) is 0 Å². The van der Waals surface area contributed by atoms with Crippen LogP contribution >= 0.6 is 11.8 Å². The van der Waals surface area contributed by atoms with Crippen molar-refractivity contribution in [2.75, 3.05) is 13.4 Å². The van der Waals surface area contributed by atoms with Crippen molar-refractivity contribution >= 4 is 18.0 Å². The Balaban J connectivity index is 1.92. The summed E-state index contributed by atoms with van der Waals surface area (Å²) in [5.41, 5.74) is 1.91. The Labute approximate surface area is 169 Å². The molecule has 28 heavy (non-hydrogen) atoms. The number of hydrogen-bond donors (Lipinski definition) is 0. The lowest BCUT2D eigenvalue weighted by Gasteiger charge is -2.13. The van der Waals surface area contributed by atoms with Gasteiger partial charge in [-0.05, 0) is 24.0 Å².